The second-order valence-electron chi connectivity index (χ2n) is 7.10. The van der Waals surface area contributed by atoms with Crippen molar-refractivity contribution in [3.8, 4) is 0 Å². The van der Waals surface area contributed by atoms with Crippen molar-refractivity contribution in [3.05, 3.63) is 41.6 Å². The van der Waals surface area contributed by atoms with E-state index in [9.17, 15) is 9.59 Å². The number of ether oxygens (including phenoxy) is 1. The highest BCUT2D eigenvalue weighted by Crippen LogP contribution is 2.28. The first kappa shape index (κ1) is 18.4. The summed E-state index contributed by atoms with van der Waals surface area (Å²) in [6, 6.07) is 9.37. The van der Waals surface area contributed by atoms with Gasteiger partial charge in [0.2, 0.25) is 0 Å². The van der Waals surface area contributed by atoms with Gasteiger partial charge in [-0.15, -0.1) is 0 Å². The molecule has 2 heterocycles. The molecule has 1 aromatic heterocycles. The average Bonchev–Trinajstić information content (AvgIpc) is 3.13. The summed E-state index contributed by atoms with van der Waals surface area (Å²) in [5.74, 6) is -0.699. The fourth-order valence-electron chi connectivity index (χ4n) is 3.74. The number of benzene rings is 2. The van der Waals surface area contributed by atoms with Crippen LogP contribution in [0, 0.1) is 6.92 Å². The Labute approximate surface area is 162 Å². The van der Waals surface area contributed by atoms with Crippen molar-refractivity contribution in [1.29, 1.82) is 0 Å². The van der Waals surface area contributed by atoms with Gasteiger partial charge in [0.05, 0.1) is 12.0 Å². The lowest BCUT2D eigenvalue weighted by Gasteiger charge is -2.33. The van der Waals surface area contributed by atoms with Crippen LogP contribution in [0.3, 0.4) is 0 Å². The van der Waals surface area contributed by atoms with Crippen LogP contribution >= 0.6 is 0 Å². The molecule has 1 saturated heterocycles. The van der Waals surface area contributed by atoms with E-state index in [1.165, 1.54) is 0 Å². The Balaban J connectivity index is 1.61. The predicted molar refractivity (Wildman–Crippen MR) is 105 cm³/mol. The molecule has 7 heteroatoms. The third-order valence-corrected chi connectivity index (χ3v) is 5.13. The lowest BCUT2D eigenvalue weighted by atomic mass is 10.0. The van der Waals surface area contributed by atoms with E-state index in [-0.39, 0.29) is 17.6 Å². The van der Waals surface area contributed by atoms with E-state index in [0.717, 1.165) is 29.2 Å². The smallest absolute Gasteiger partial charge is 0.325 e. The second kappa shape index (κ2) is 7.59. The summed E-state index contributed by atoms with van der Waals surface area (Å²) in [6.45, 7) is 4.71. The first-order valence-electron chi connectivity index (χ1n) is 9.61. The second-order valence-corrected chi connectivity index (χ2v) is 7.10. The molecule has 2 aromatic carbocycles. The van der Waals surface area contributed by atoms with Gasteiger partial charge in [0.15, 0.2) is 11.3 Å². The standard InChI is InChI=1S/C21H23N3O4/c1-3-27-21(26)17-6-4-5-11-24(17)22-20(25)18-16-10-8-14-12-13(2)7-9-15(14)19(16)28-23-18/h7-10,12,17H,3-6,11H2,1-2H3,(H,22,25). The SMILES string of the molecule is CCOC(=O)C1CCCCN1NC(=O)c1noc2c1ccc1cc(C)ccc12. The number of hydrogen-bond donors (Lipinski definition) is 1. The summed E-state index contributed by atoms with van der Waals surface area (Å²) < 4.78 is 10.7. The zero-order chi connectivity index (χ0) is 19.7. The first-order valence-corrected chi connectivity index (χ1v) is 9.61. The Kier molecular flexibility index (Phi) is 5.00. The maximum absolute atomic E-state index is 12.9. The molecule has 1 aliphatic heterocycles. The molecule has 4 rings (SSSR count). The van der Waals surface area contributed by atoms with Crippen molar-refractivity contribution < 1.29 is 18.8 Å². The van der Waals surface area contributed by atoms with E-state index in [2.05, 4.69) is 16.6 Å². The number of nitrogens with zero attached hydrogens (tertiary/aromatic N) is 2. The van der Waals surface area contributed by atoms with E-state index in [0.29, 0.717) is 30.5 Å². The van der Waals surface area contributed by atoms with E-state index in [1.54, 1.807) is 11.9 Å². The lowest BCUT2D eigenvalue weighted by Crippen LogP contribution is -2.54. The first-order chi connectivity index (χ1) is 13.6. The number of piperidine rings is 1. The van der Waals surface area contributed by atoms with Crippen LogP contribution in [-0.4, -0.2) is 41.2 Å². The highest BCUT2D eigenvalue weighted by atomic mass is 16.5. The van der Waals surface area contributed by atoms with Crippen LogP contribution in [0.4, 0.5) is 0 Å². The zero-order valence-electron chi connectivity index (χ0n) is 16.0. The maximum Gasteiger partial charge on any atom is 0.325 e. The van der Waals surface area contributed by atoms with E-state index < -0.39 is 6.04 Å². The largest absolute Gasteiger partial charge is 0.465 e. The zero-order valence-corrected chi connectivity index (χ0v) is 16.0. The number of carbonyl (C=O) groups is 2. The number of rotatable bonds is 4. The third-order valence-electron chi connectivity index (χ3n) is 5.13. The fourth-order valence-corrected chi connectivity index (χ4v) is 3.74. The van der Waals surface area contributed by atoms with Crippen LogP contribution in [0.1, 0.15) is 42.2 Å². The summed E-state index contributed by atoms with van der Waals surface area (Å²) in [4.78, 5) is 25.1. The minimum atomic E-state index is -0.473. The van der Waals surface area contributed by atoms with Crippen LogP contribution in [0.25, 0.3) is 21.7 Å². The normalized spacial score (nSPS) is 17.7. The van der Waals surface area contributed by atoms with Crippen molar-refractivity contribution in [2.24, 2.45) is 0 Å². The summed E-state index contributed by atoms with van der Waals surface area (Å²) in [5.41, 5.74) is 4.78. The van der Waals surface area contributed by atoms with Crippen LogP contribution in [-0.2, 0) is 9.53 Å². The predicted octanol–water partition coefficient (Wildman–Crippen LogP) is 3.35. The number of nitrogens with one attached hydrogen (secondary N) is 1. The number of amides is 1. The van der Waals surface area contributed by atoms with E-state index in [1.807, 2.05) is 31.2 Å². The van der Waals surface area contributed by atoms with Crippen molar-refractivity contribution in [2.45, 2.75) is 39.2 Å². The van der Waals surface area contributed by atoms with Gasteiger partial charge in [0.25, 0.3) is 5.91 Å². The number of hydrazine groups is 1. The van der Waals surface area contributed by atoms with Gasteiger partial charge >= 0.3 is 5.97 Å². The van der Waals surface area contributed by atoms with Gasteiger partial charge < -0.3 is 9.26 Å². The summed E-state index contributed by atoms with van der Waals surface area (Å²) in [5, 5.41) is 8.27. The number of hydrogen-bond acceptors (Lipinski definition) is 6. The Hall–Kier alpha value is -2.93. The monoisotopic (exact) mass is 381 g/mol. The van der Waals surface area contributed by atoms with Gasteiger partial charge in [-0.3, -0.25) is 15.0 Å². The van der Waals surface area contributed by atoms with Crippen LogP contribution in [0.5, 0.6) is 0 Å². The van der Waals surface area contributed by atoms with Gasteiger partial charge in [-0.05, 0) is 44.6 Å². The molecule has 1 unspecified atom stereocenters. The molecule has 0 bridgehead atoms. The van der Waals surface area contributed by atoms with Gasteiger partial charge in [0.1, 0.15) is 6.04 Å². The van der Waals surface area contributed by atoms with Gasteiger partial charge in [-0.2, -0.15) is 0 Å². The molecule has 1 N–H and O–H groups in total. The van der Waals surface area contributed by atoms with Crippen LogP contribution in [0.15, 0.2) is 34.9 Å². The Morgan fingerprint density at radius 3 is 2.89 bits per heavy atom. The highest BCUT2D eigenvalue weighted by Gasteiger charge is 2.32. The molecule has 146 valence electrons. The summed E-state index contributed by atoms with van der Waals surface area (Å²) in [7, 11) is 0. The molecular weight excluding hydrogens is 358 g/mol. The molecule has 3 aromatic rings. The number of aryl methyl sites for hydroxylation is 1. The van der Waals surface area contributed by atoms with Gasteiger partial charge in [-0.25, -0.2) is 5.01 Å². The molecule has 0 radical (unpaired) electrons. The fraction of sp³-hybridized carbons (Fsp3) is 0.381. The van der Waals surface area contributed by atoms with Gasteiger partial charge in [-0.1, -0.05) is 35.0 Å². The number of carbonyl (C=O) groups excluding carboxylic acids is 2. The van der Waals surface area contributed by atoms with Crippen molar-refractivity contribution in [1.82, 2.24) is 15.6 Å². The number of fused-ring (bicyclic) bond motifs is 3. The molecule has 1 fully saturated rings. The highest BCUT2D eigenvalue weighted by molar-refractivity contribution is 6.11. The molecule has 1 amide bonds. The summed E-state index contributed by atoms with van der Waals surface area (Å²) in [6.07, 6.45) is 2.48. The number of aromatic nitrogens is 1. The molecule has 28 heavy (non-hydrogen) atoms. The Morgan fingerprint density at radius 1 is 1.25 bits per heavy atom. The molecule has 1 aliphatic rings. The Bertz CT molecular complexity index is 1040. The third kappa shape index (κ3) is 3.33. The molecule has 7 nitrogen and oxygen atoms in total. The van der Waals surface area contributed by atoms with Crippen molar-refractivity contribution in [3.63, 3.8) is 0 Å². The average molecular weight is 381 g/mol. The minimum Gasteiger partial charge on any atom is -0.465 e. The minimum absolute atomic E-state index is 0.214. The quantitative estimate of drug-likeness (QED) is 0.698. The lowest BCUT2D eigenvalue weighted by molar-refractivity contribution is -0.152. The summed E-state index contributed by atoms with van der Waals surface area (Å²) >= 11 is 0. The van der Waals surface area contributed by atoms with E-state index in [4.69, 9.17) is 9.26 Å². The maximum atomic E-state index is 12.9. The topological polar surface area (TPSA) is 84.7 Å². The van der Waals surface area contributed by atoms with Crippen molar-refractivity contribution in [2.75, 3.05) is 13.2 Å². The molecule has 1 atom stereocenters. The molecular formula is C21H23N3O4. The number of esters is 1. The molecule has 0 spiro atoms. The molecule has 0 aliphatic carbocycles. The van der Waals surface area contributed by atoms with Gasteiger partial charge in [0, 0.05) is 11.9 Å². The molecule has 0 saturated carbocycles. The van der Waals surface area contributed by atoms with E-state index >= 15 is 0 Å². The van der Waals surface area contributed by atoms with Crippen LogP contribution < -0.4 is 5.43 Å². The Morgan fingerprint density at radius 2 is 2.07 bits per heavy atom. The van der Waals surface area contributed by atoms with Crippen LogP contribution in [0.2, 0.25) is 0 Å². The van der Waals surface area contributed by atoms with Crippen molar-refractivity contribution >= 4 is 33.6 Å².